The van der Waals surface area contributed by atoms with E-state index >= 15 is 0 Å². The van der Waals surface area contributed by atoms with Gasteiger partial charge in [0.05, 0.1) is 6.61 Å². The highest BCUT2D eigenvalue weighted by atomic mass is 16.5. The van der Waals surface area contributed by atoms with Crippen molar-refractivity contribution in [1.29, 1.82) is 0 Å². The minimum absolute atomic E-state index is 0.335. The van der Waals surface area contributed by atoms with Crippen LogP contribution in [0.15, 0.2) is 36.7 Å². The van der Waals surface area contributed by atoms with Gasteiger partial charge < -0.3 is 14.6 Å². The van der Waals surface area contributed by atoms with Gasteiger partial charge in [-0.1, -0.05) is 19.1 Å². The average molecular weight is 259 g/mol. The Morgan fingerprint density at radius 1 is 1.42 bits per heavy atom. The molecule has 4 nitrogen and oxygen atoms in total. The molecule has 0 bridgehead atoms. The monoisotopic (exact) mass is 259 g/mol. The Hall–Kier alpha value is -1.81. The molecule has 0 saturated carbocycles. The zero-order valence-electron chi connectivity index (χ0n) is 11.8. The first-order valence-electron chi connectivity index (χ1n) is 6.57. The minimum Gasteiger partial charge on any atom is -0.383 e. The maximum absolute atomic E-state index is 5.21. The number of imidazole rings is 1. The van der Waals surface area contributed by atoms with Crippen LogP contribution in [0.3, 0.4) is 0 Å². The zero-order valence-corrected chi connectivity index (χ0v) is 11.8. The summed E-state index contributed by atoms with van der Waals surface area (Å²) in [4.78, 5) is 4.37. The molecule has 0 amide bonds. The summed E-state index contributed by atoms with van der Waals surface area (Å²) in [7, 11) is 3.73. The van der Waals surface area contributed by atoms with Gasteiger partial charge >= 0.3 is 0 Å². The van der Waals surface area contributed by atoms with Gasteiger partial charge in [0.25, 0.3) is 0 Å². The number of hydrogen-bond acceptors (Lipinski definition) is 3. The molecule has 4 heteroatoms. The second kappa shape index (κ2) is 6.38. The van der Waals surface area contributed by atoms with E-state index in [1.54, 1.807) is 7.11 Å². The van der Waals surface area contributed by atoms with Crippen molar-refractivity contribution in [2.45, 2.75) is 19.4 Å². The number of methoxy groups -OCH3 is 1. The summed E-state index contributed by atoms with van der Waals surface area (Å²) in [6.45, 7) is 2.86. The van der Waals surface area contributed by atoms with Crippen LogP contribution in [0.5, 0.6) is 0 Å². The van der Waals surface area contributed by atoms with Gasteiger partial charge in [-0.25, -0.2) is 4.98 Å². The lowest BCUT2D eigenvalue weighted by molar-refractivity contribution is 0.184. The number of rotatable bonds is 6. The Morgan fingerprint density at radius 2 is 2.26 bits per heavy atom. The predicted octanol–water partition coefficient (Wildman–Crippen LogP) is 2.92. The molecule has 102 valence electrons. The maximum Gasteiger partial charge on any atom is 0.139 e. The van der Waals surface area contributed by atoms with Crippen molar-refractivity contribution >= 4 is 5.69 Å². The van der Waals surface area contributed by atoms with Crippen molar-refractivity contribution in [3.8, 4) is 11.4 Å². The van der Waals surface area contributed by atoms with E-state index in [0.717, 1.165) is 23.5 Å². The average Bonchev–Trinajstić information content (AvgIpc) is 2.85. The summed E-state index contributed by atoms with van der Waals surface area (Å²) in [5, 5.41) is 3.49. The molecular weight excluding hydrogens is 238 g/mol. The third kappa shape index (κ3) is 3.35. The number of nitrogens with one attached hydrogen (secondary N) is 1. The molecule has 1 atom stereocenters. The minimum atomic E-state index is 0.335. The Labute approximate surface area is 114 Å². The molecule has 19 heavy (non-hydrogen) atoms. The second-order valence-corrected chi connectivity index (χ2v) is 4.65. The van der Waals surface area contributed by atoms with Crippen LogP contribution in [-0.4, -0.2) is 29.3 Å². The second-order valence-electron chi connectivity index (χ2n) is 4.65. The highest BCUT2D eigenvalue weighted by Gasteiger charge is 2.07. The summed E-state index contributed by atoms with van der Waals surface area (Å²) >= 11 is 0. The van der Waals surface area contributed by atoms with Crippen LogP contribution in [0.25, 0.3) is 11.4 Å². The molecule has 2 aromatic rings. The molecule has 0 saturated heterocycles. The van der Waals surface area contributed by atoms with Gasteiger partial charge in [-0.3, -0.25) is 0 Å². The van der Waals surface area contributed by atoms with Gasteiger partial charge in [-0.2, -0.15) is 0 Å². The topological polar surface area (TPSA) is 39.1 Å². The van der Waals surface area contributed by atoms with Crippen molar-refractivity contribution in [3.63, 3.8) is 0 Å². The van der Waals surface area contributed by atoms with Crippen LogP contribution in [0.2, 0.25) is 0 Å². The van der Waals surface area contributed by atoms with E-state index in [1.165, 1.54) is 0 Å². The summed E-state index contributed by atoms with van der Waals surface area (Å²) in [6, 6.07) is 8.66. The lowest BCUT2D eigenvalue weighted by atomic mass is 10.1. The highest BCUT2D eigenvalue weighted by Crippen LogP contribution is 2.21. The largest absolute Gasteiger partial charge is 0.383 e. The van der Waals surface area contributed by atoms with Gasteiger partial charge in [0.2, 0.25) is 0 Å². The molecule has 1 unspecified atom stereocenters. The molecule has 0 radical (unpaired) electrons. The SMILES string of the molecule is CCC(COC)Nc1cccc(-c2nccn2C)c1. The van der Waals surface area contributed by atoms with Crippen molar-refractivity contribution in [3.05, 3.63) is 36.7 Å². The van der Waals surface area contributed by atoms with Crippen LogP contribution in [-0.2, 0) is 11.8 Å². The fraction of sp³-hybridized carbons (Fsp3) is 0.400. The number of ether oxygens (including phenoxy) is 1. The maximum atomic E-state index is 5.21. The van der Waals surface area contributed by atoms with E-state index < -0.39 is 0 Å². The lowest BCUT2D eigenvalue weighted by Gasteiger charge is -2.17. The van der Waals surface area contributed by atoms with Crippen LogP contribution in [0.4, 0.5) is 5.69 Å². The van der Waals surface area contributed by atoms with Crippen molar-refractivity contribution in [2.75, 3.05) is 19.0 Å². The standard InChI is InChI=1S/C15H21N3O/c1-4-13(11-19-3)17-14-7-5-6-12(10-14)15-16-8-9-18(15)2/h5-10,13,17H,4,11H2,1-3H3. The molecule has 1 N–H and O–H groups in total. The number of anilines is 1. The number of aryl methyl sites for hydroxylation is 1. The molecule has 0 fully saturated rings. The normalized spacial score (nSPS) is 12.4. The number of benzene rings is 1. The Bertz CT molecular complexity index is 522. The van der Waals surface area contributed by atoms with Crippen LogP contribution >= 0.6 is 0 Å². The molecule has 1 heterocycles. The van der Waals surface area contributed by atoms with E-state index in [-0.39, 0.29) is 0 Å². The third-order valence-corrected chi connectivity index (χ3v) is 3.17. The summed E-state index contributed by atoms with van der Waals surface area (Å²) in [5.41, 5.74) is 2.22. The Kier molecular flexibility index (Phi) is 4.58. The summed E-state index contributed by atoms with van der Waals surface area (Å²) in [5.74, 6) is 0.975. The fourth-order valence-electron chi connectivity index (χ4n) is 2.09. The number of hydrogen-bond donors (Lipinski definition) is 1. The molecular formula is C15H21N3O. The zero-order chi connectivity index (χ0) is 13.7. The van der Waals surface area contributed by atoms with Crippen LogP contribution in [0.1, 0.15) is 13.3 Å². The van der Waals surface area contributed by atoms with Crippen molar-refractivity contribution in [2.24, 2.45) is 7.05 Å². The Balaban J connectivity index is 2.18. The summed E-state index contributed by atoms with van der Waals surface area (Å²) in [6.07, 6.45) is 4.80. The fourth-order valence-corrected chi connectivity index (χ4v) is 2.09. The first kappa shape index (κ1) is 13.6. The van der Waals surface area contributed by atoms with E-state index in [0.29, 0.717) is 12.6 Å². The van der Waals surface area contributed by atoms with Crippen molar-refractivity contribution in [1.82, 2.24) is 9.55 Å². The molecule has 1 aromatic carbocycles. The van der Waals surface area contributed by atoms with Gasteiger partial charge in [0.15, 0.2) is 0 Å². The van der Waals surface area contributed by atoms with Gasteiger partial charge in [-0.05, 0) is 18.6 Å². The molecule has 2 rings (SSSR count). The first-order valence-corrected chi connectivity index (χ1v) is 6.57. The molecule has 0 spiro atoms. The van der Waals surface area contributed by atoms with Gasteiger partial charge in [-0.15, -0.1) is 0 Å². The van der Waals surface area contributed by atoms with Crippen LogP contribution in [0, 0.1) is 0 Å². The van der Waals surface area contributed by atoms with Gasteiger partial charge in [0, 0.05) is 43.8 Å². The van der Waals surface area contributed by atoms with Crippen LogP contribution < -0.4 is 5.32 Å². The number of nitrogens with zero attached hydrogens (tertiary/aromatic N) is 2. The van der Waals surface area contributed by atoms with Crippen molar-refractivity contribution < 1.29 is 4.74 Å². The smallest absolute Gasteiger partial charge is 0.139 e. The first-order chi connectivity index (χ1) is 9.24. The quantitative estimate of drug-likeness (QED) is 0.867. The third-order valence-electron chi connectivity index (χ3n) is 3.17. The number of aromatic nitrogens is 2. The molecule has 0 aliphatic rings. The molecule has 0 aliphatic heterocycles. The van der Waals surface area contributed by atoms with Gasteiger partial charge in [0.1, 0.15) is 5.82 Å². The van der Waals surface area contributed by atoms with E-state index in [2.05, 4.69) is 35.4 Å². The molecule has 1 aromatic heterocycles. The van der Waals surface area contributed by atoms with E-state index in [1.807, 2.05) is 30.1 Å². The molecule has 0 aliphatic carbocycles. The predicted molar refractivity (Wildman–Crippen MR) is 78.2 cm³/mol. The van der Waals surface area contributed by atoms with E-state index in [9.17, 15) is 0 Å². The summed E-state index contributed by atoms with van der Waals surface area (Å²) < 4.78 is 7.23. The Morgan fingerprint density at radius 3 is 2.89 bits per heavy atom. The highest BCUT2D eigenvalue weighted by molar-refractivity contribution is 5.63. The lowest BCUT2D eigenvalue weighted by Crippen LogP contribution is -2.23. The van der Waals surface area contributed by atoms with E-state index in [4.69, 9.17) is 4.74 Å².